The summed E-state index contributed by atoms with van der Waals surface area (Å²) in [5, 5.41) is 0.329. The van der Waals surface area contributed by atoms with Crippen molar-refractivity contribution >= 4 is 26.8 Å². The second kappa shape index (κ2) is 6.07. The lowest BCUT2D eigenvalue weighted by atomic mass is 10.1. The molecule has 1 N–H and O–H groups in total. The topological polar surface area (TPSA) is 46.0 Å². The van der Waals surface area contributed by atoms with Crippen molar-refractivity contribution in [1.29, 1.82) is 0 Å². The Morgan fingerprint density at radius 1 is 0.970 bits per heavy atom. The molecular weight excluding hydrogens is 473 g/mol. The number of aromatic amines is 1. The van der Waals surface area contributed by atoms with Crippen LogP contribution >= 0.6 is 10.2 Å². The molecule has 0 aliphatic rings. The number of fused-ring (bicyclic) bond motifs is 2. The number of H-pyrrole nitrogens is 1. The van der Waals surface area contributed by atoms with Crippen molar-refractivity contribution in [3.8, 4) is 22.5 Å². The van der Waals surface area contributed by atoms with Gasteiger partial charge in [0.25, 0.3) is 0 Å². The number of halogens is 7. The monoisotopic (exact) mass is 486 g/mol. The highest BCUT2D eigenvalue weighted by Gasteiger charge is 2.67. The zero-order valence-electron chi connectivity index (χ0n) is 16.6. The lowest BCUT2D eigenvalue weighted by Crippen LogP contribution is -2.09. The summed E-state index contributed by atoms with van der Waals surface area (Å²) in [5.74, 6) is -2.62. The molecule has 0 aliphatic heterocycles. The van der Waals surface area contributed by atoms with Crippen LogP contribution in [0.5, 0.6) is 0 Å². The molecule has 3 aromatic heterocycles. The summed E-state index contributed by atoms with van der Waals surface area (Å²) in [5.41, 5.74) is 1.18. The standard InChI is InChI=1S/C21H13F7N4S/c1-11-21(14-3-5-16-13(20(14)23)6-7-29-16)32-10-17(30-9-19(32)31-11)12-2-4-15(22)18(8-12)33(24,25,26,27)28/h2-10,29H,1H3. The van der Waals surface area contributed by atoms with Crippen molar-refractivity contribution in [3.63, 3.8) is 0 Å². The van der Waals surface area contributed by atoms with E-state index < -0.39 is 26.8 Å². The SMILES string of the molecule is Cc1nc2cnc(-c3ccc(F)c(S(F)(F)(F)(F)F)c3)cn2c1-c1ccc2[nH]ccc2c1F. The first-order valence-corrected chi connectivity index (χ1v) is 11.3. The predicted molar refractivity (Wildman–Crippen MR) is 112 cm³/mol. The van der Waals surface area contributed by atoms with E-state index in [1.54, 1.807) is 25.3 Å². The van der Waals surface area contributed by atoms with Crippen LogP contribution in [0, 0.1) is 18.6 Å². The van der Waals surface area contributed by atoms with Crippen LogP contribution in [0.4, 0.5) is 28.2 Å². The molecule has 172 valence electrons. The van der Waals surface area contributed by atoms with E-state index in [0.717, 1.165) is 6.07 Å². The van der Waals surface area contributed by atoms with E-state index in [-0.39, 0.29) is 28.5 Å². The van der Waals surface area contributed by atoms with Gasteiger partial charge in [0.1, 0.15) is 16.5 Å². The number of nitrogens with zero attached hydrogens (tertiary/aromatic N) is 3. The maximum absolute atomic E-state index is 15.2. The van der Waals surface area contributed by atoms with Gasteiger partial charge in [-0.2, -0.15) is 0 Å². The smallest absolute Gasteiger partial charge is 0.313 e. The highest BCUT2D eigenvalue weighted by atomic mass is 32.5. The minimum absolute atomic E-state index is 0.0287. The lowest BCUT2D eigenvalue weighted by molar-refractivity contribution is 0.355. The van der Waals surface area contributed by atoms with E-state index in [0.29, 0.717) is 28.4 Å². The highest BCUT2D eigenvalue weighted by Crippen LogP contribution is 3.02. The summed E-state index contributed by atoms with van der Waals surface area (Å²) in [6.07, 6.45) is 4.03. The van der Waals surface area contributed by atoms with Crippen LogP contribution in [0.25, 0.3) is 39.1 Å². The van der Waals surface area contributed by atoms with E-state index in [1.807, 2.05) is 0 Å². The second-order valence-electron chi connectivity index (χ2n) is 7.53. The van der Waals surface area contributed by atoms with Crippen molar-refractivity contribution < 1.29 is 28.2 Å². The number of imidazole rings is 1. The van der Waals surface area contributed by atoms with Crippen molar-refractivity contribution in [2.75, 3.05) is 0 Å². The van der Waals surface area contributed by atoms with Gasteiger partial charge in [0, 0.05) is 34.4 Å². The fourth-order valence-electron chi connectivity index (χ4n) is 3.78. The van der Waals surface area contributed by atoms with Crippen molar-refractivity contribution in [1.82, 2.24) is 19.4 Å². The Labute approximate surface area is 181 Å². The molecule has 0 radical (unpaired) electrons. The zero-order valence-corrected chi connectivity index (χ0v) is 17.4. The van der Waals surface area contributed by atoms with E-state index >= 15 is 4.39 Å². The molecule has 0 amide bonds. The fraction of sp³-hybridized carbons (Fsp3) is 0.0476. The highest BCUT2D eigenvalue weighted by molar-refractivity contribution is 8.45. The normalized spacial score (nSPS) is 14.5. The molecule has 0 aliphatic carbocycles. The van der Waals surface area contributed by atoms with Crippen molar-refractivity contribution in [3.05, 3.63) is 72.3 Å². The van der Waals surface area contributed by atoms with Crippen LogP contribution in [0.15, 0.2) is 59.9 Å². The van der Waals surface area contributed by atoms with E-state index in [9.17, 15) is 23.8 Å². The Balaban J connectivity index is 1.73. The number of hydrogen-bond donors (Lipinski definition) is 1. The third-order valence-corrected chi connectivity index (χ3v) is 6.39. The summed E-state index contributed by atoms with van der Waals surface area (Å²) in [6, 6.07) is 5.99. The van der Waals surface area contributed by atoms with Crippen LogP contribution in [0.3, 0.4) is 0 Å². The Morgan fingerprint density at radius 3 is 2.45 bits per heavy atom. The first kappa shape index (κ1) is 21.3. The third kappa shape index (κ3) is 3.50. The largest absolute Gasteiger partial charge is 0.361 e. The maximum atomic E-state index is 15.2. The summed E-state index contributed by atoms with van der Waals surface area (Å²) in [7, 11) is -10.3. The lowest BCUT2D eigenvalue weighted by Gasteiger charge is -2.40. The number of aromatic nitrogens is 4. The van der Waals surface area contributed by atoms with Gasteiger partial charge in [-0.05, 0) is 43.3 Å². The molecule has 33 heavy (non-hydrogen) atoms. The van der Waals surface area contributed by atoms with Crippen molar-refractivity contribution in [2.24, 2.45) is 0 Å². The fourth-order valence-corrected chi connectivity index (χ4v) is 4.57. The molecule has 2 aromatic carbocycles. The summed E-state index contributed by atoms with van der Waals surface area (Å²) in [6.45, 7) is 1.62. The molecule has 3 heterocycles. The van der Waals surface area contributed by atoms with Gasteiger partial charge >= 0.3 is 10.2 Å². The quantitative estimate of drug-likeness (QED) is 0.265. The van der Waals surface area contributed by atoms with Gasteiger partial charge in [0.2, 0.25) is 0 Å². The van der Waals surface area contributed by atoms with Gasteiger partial charge in [-0.3, -0.25) is 9.38 Å². The molecule has 12 heteroatoms. The molecule has 0 fully saturated rings. The van der Waals surface area contributed by atoms with Crippen LogP contribution in [0.1, 0.15) is 5.69 Å². The molecular formula is C21H13F7N4S. The van der Waals surface area contributed by atoms with Crippen LogP contribution < -0.4 is 0 Å². The third-order valence-electron chi connectivity index (χ3n) is 5.25. The van der Waals surface area contributed by atoms with Crippen molar-refractivity contribution in [2.45, 2.75) is 11.8 Å². The van der Waals surface area contributed by atoms with Gasteiger partial charge in [0.15, 0.2) is 5.65 Å². The van der Waals surface area contributed by atoms with Gasteiger partial charge in [0.05, 0.1) is 23.3 Å². The summed E-state index contributed by atoms with van der Waals surface area (Å²) in [4.78, 5) is 8.55. The van der Waals surface area contributed by atoms with Gasteiger partial charge < -0.3 is 4.98 Å². The van der Waals surface area contributed by atoms with Crippen LogP contribution in [0.2, 0.25) is 0 Å². The number of benzene rings is 2. The van der Waals surface area contributed by atoms with Gasteiger partial charge in [-0.25, -0.2) is 13.8 Å². The summed E-state index contributed by atoms with van der Waals surface area (Å²) < 4.78 is 96.7. The average molecular weight is 486 g/mol. The van der Waals surface area contributed by atoms with E-state index in [2.05, 4.69) is 15.0 Å². The Bertz CT molecular complexity index is 1590. The second-order valence-corrected chi connectivity index (χ2v) is 9.90. The van der Waals surface area contributed by atoms with Crippen LogP contribution in [-0.4, -0.2) is 19.4 Å². The molecule has 0 unspecified atom stereocenters. The van der Waals surface area contributed by atoms with Crippen LogP contribution in [-0.2, 0) is 0 Å². The Hall–Kier alpha value is -3.54. The molecule has 0 spiro atoms. The zero-order chi connectivity index (χ0) is 23.8. The number of nitrogens with one attached hydrogen (secondary N) is 1. The number of aryl methyl sites for hydroxylation is 1. The average Bonchev–Trinajstić information content (AvgIpc) is 3.31. The molecule has 0 saturated carbocycles. The molecule has 5 rings (SSSR count). The minimum atomic E-state index is -10.3. The number of hydrogen-bond acceptors (Lipinski definition) is 2. The Morgan fingerprint density at radius 2 is 1.73 bits per heavy atom. The van der Waals surface area contributed by atoms with E-state index in [1.165, 1.54) is 22.9 Å². The van der Waals surface area contributed by atoms with E-state index in [4.69, 9.17) is 0 Å². The maximum Gasteiger partial charge on any atom is 0.313 e. The van der Waals surface area contributed by atoms with Gasteiger partial charge in [-0.1, -0.05) is 19.4 Å². The van der Waals surface area contributed by atoms with Gasteiger partial charge in [-0.15, -0.1) is 0 Å². The Kier molecular flexibility index (Phi) is 3.92. The first-order valence-electron chi connectivity index (χ1n) is 9.37. The summed E-state index contributed by atoms with van der Waals surface area (Å²) >= 11 is 0. The molecule has 0 atom stereocenters. The minimum Gasteiger partial charge on any atom is -0.361 e. The number of rotatable bonds is 3. The molecule has 0 saturated heterocycles. The first-order chi connectivity index (χ1) is 15.2. The predicted octanol–water partition coefficient (Wildman–Crippen LogP) is 7.79. The molecule has 4 nitrogen and oxygen atoms in total. The molecule has 0 bridgehead atoms. The molecule has 5 aromatic rings.